The average Bonchev–Trinajstić information content (AvgIpc) is 2.26. The number of hydrogen-bond acceptors (Lipinski definition) is 4. The summed E-state index contributed by atoms with van der Waals surface area (Å²) in [5, 5.41) is 20.9. The maximum atomic E-state index is 11.5. The monoisotopic (exact) mass is 219 g/mol. The molecule has 0 fully saturated rings. The molecule has 0 bridgehead atoms. The molecule has 2 heterocycles. The third-order valence-electron chi connectivity index (χ3n) is 2.59. The lowest BCUT2D eigenvalue weighted by Crippen LogP contribution is -2.31. The highest BCUT2D eigenvalue weighted by Crippen LogP contribution is 2.17. The minimum atomic E-state index is -1.22. The van der Waals surface area contributed by atoms with E-state index in [2.05, 4.69) is 10.3 Å². The van der Waals surface area contributed by atoms with E-state index >= 15 is 0 Å². The number of carboxylic acids is 1. The number of nitrogens with zero attached hydrogens (tertiary/aromatic N) is 1. The molecule has 0 saturated carbocycles. The summed E-state index contributed by atoms with van der Waals surface area (Å²) in [5.74, 6) is -1.22. The summed E-state index contributed by atoms with van der Waals surface area (Å²) in [6, 6.07) is 1.65. The number of carboxylic acid groups (broad SMARTS) is 1. The number of fused-ring (bicyclic) bond motifs is 1. The van der Waals surface area contributed by atoms with Gasteiger partial charge in [-0.1, -0.05) is 0 Å². The number of rotatable bonds is 1. The van der Waals surface area contributed by atoms with Crippen molar-refractivity contribution in [3.8, 4) is 6.07 Å². The Hall–Kier alpha value is -2.13. The van der Waals surface area contributed by atoms with Gasteiger partial charge in [-0.15, -0.1) is 0 Å². The maximum absolute atomic E-state index is 11.5. The number of carbonyl (C=O) groups is 1. The topological polar surface area (TPSA) is 106 Å². The van der Waals surface area contributed by atoms with Gasteiger partial charge in [-0.05, 0) is 18.5 Å². The fourth-order valence-corrected chi connectivity index (χ4v) is 1.89. The predicted molar refractivity (Wildman–Crippen MR) is 54.1 cm³/mol. The lowest BCUT2D eigenvalue weighted by molar-refractivity contribution is 0.0694. The summed E-state index contributed by atoms with van der Waals surface area (Å²) in [6.45, 7) is 1.07. The zero-order valence-corrected chi connectivity index (χ0v) is 8.33. The van der Waals surface area contributed by atoms with E-state index in [-0.39, 0.29) is 11.1 Å². The quantitative estimate of drug-likeness (QED) is 0.595. The molecule has 16 heavy (non-hydrogen) atoms. The Kier molecular flexibility index (Phi) is 2.46. The van der Waals surface area contributed by atoms with Crippen molar-refractivity contribution < 1.29 is 9.90 Å². The van der Waals surface area contributed by atoms with Gasteiger partial charge < -0.3 is 15.4 Å². The maximum Gasteiger partial charge on any atom is 0.337 e. The molecule has 1 aliphatic heterocycles. The molecule has 0 spiro atoms. The van der Waals surface area contributed by atoms with E-state index in [9.17, 15) is 9.59 Å². The van der Waals surface area contributed by atoms with Crippen molar-refractivity contribution in [3.05, 3.63) is 32.7 Å². The third-order valence-corrected chi connectivity index (χ3v) is 2.59. The zero-order valence-electron chi connectivity index (χ0n) is 8.33. The Labute approximate surface area is 90.5 Å². The summed E-state index contributed by atoms with van der Waals surface area (Å²) in [5.41, 5.74) is 0.0216. The van der Waals surface area contributed by atoms with E-state index in [4.69, 9.17) is 10.4 Å². The van der Waals surface area contributed by atoms with Crippen LogP contribution in [0.15, 0.2) is 4.79 Å². The number of aromatic amines is 1. The van der Waals surface area contributed by atoms with Gasteiger partial charge in [0.05, 0.1) is 5.56 Å². The average molecular weight is 219 g/mol. The number of H-pyrrole nitrogens is 1. The summed E-state index contributed by atoms with van der Waals surface area (Å²) in [4.78, 5) is 25.1. The number of nitriles is 1. The van der Waals surface area contributed by atoms with Crippen LogP contribution in [0.2, 0.25) is 0 Å². The molecule has 6 heteroatoms. The minimum Gasteiger partial charge on any atom is -0.478 e. The Balaban J connectivity index is 2.80. The van der Waals surface area contributed by atoms with Crippen molar-refractivity contribution in [2.24, 2.45) is 0 Å². The highest BCUT2D eigenvalue weighted by atomic mass is 16.4. The van der Waals surface area contributed by atoms with Crippen LogP contribution >= 0.6 is 0 Å². The zero-order chi connectivity index (χ0) is 11.7. The fourth-order valence-electron chi connectivity index (χ4n) is 1.89. The number of nitrogens with one attached hydrogen (secondary N) is 2. The molecule has 82 valence electrons. The highest BCUT2D eigenvalue weighted by molar-refractivity contribution is 5.92. The molecule has 0 radical (unpaired) electrons. The van der Waals surface area contributed by atoms with Crippen LogP contribution in [0.1, 0.15) is 27.2 Å². The summed E-state index contributed by atoms with van der Waals surface area (Å²) in [7, 11) is 0. The van der Waals surface area contributed by atoms with Gasteiger partial charge in [-0.3, -0.25) is 4.79 Å². The van der Waals surface area contributed by atoms with E-state index in [0.29, 0.717) is 30.8 Å². The van der Waals surface area contributed by atoms with E-state index in [0.717, 1.165) is 0 Å². The molecule has 1 aromatic heterocycles. The molecule has 0 saturated heterocycles. The van der Waals surface area contributed by atoms with Crippen LogP contribution in [0.5, 0.6) is 0 Å². The lowest BCUT2D eigenvalue weighted by Gasteiger charge is -2.18. The first-order valence-electron chi connectivity index (χ1n) is 4.77. The highest BCUT2D eigenvalue weighted by Gasteiger charge is 2.23. The fraction of sp³-hybridized carbons (Fsp3) is 0.300. The number of pyridine rings is 1. The second-order valence-corrected chi connectivity index (χ2v) is 3.50. The number of hydrogen-bond donors (Lipinski definition) is 3. The molecule has 0 atom stereocenters. The Morgan fingerprint density at radius 1 is 1.50 bits per heavy atom. The molecular formula is C10H9N3O3. The minimum absolute atomic E-state index is 0.150. The molecular weight excluding hydrogens is 210 g/mol. The third kappa shape index (κ3) is 1.47. The normalized spacial score (nSPS) is 13.9. The molecule has 0 amide bonds. The van der Waals surface area contributed by atoms with Crippen molar-refractivity contribution in [1.29, 1.82) is 5.26 Å². The van der Waals surface area contributed by atoms with Crippen molar-refractivity contribution >= 4 is 5.97 Å². The first kappa shape index (κ1) is 10.4. The van der Waals surface area contributed by atoms with E-state index < -0.39 is 11.5 Å². The van der Waals surface area contributed by atoms with Crippen molar-refractivity contribution in [2.45, 2.75) is 13.0 Å². The van der Waals surface area contributed by atoms with Crippen LogP contribution in [0, 0.1) is 11.3 Å². The van der Waals surface area contributed by atoms with Crippen LogP contribution < -0.4 is 10.9 Å². The van der Waals surface area contributed by atoms with Crippen molar-refractivity contribution in [3.63, 3.8) is 0 Å². The van der Waals surface area contributed by atoms with E-state index in [1.807, 2.05) is 0 Å². The molecule has 0 unspecified atom stereocenters. The van der Waals surface area contributed by atoms with Crippen molar-refractivity contribution in [1.82, 2.24) is 10.3 Å². The SMILES string of the molecule is N#Cc1c(C(=O)O)c2c([nH]c1=O)CNCC2. The molecule has 2 rings (SSSR count). The summed E-state index contributed by atoms with van der Waals surface area (Å²) < 4.78 is 0. The van der Waals surface area contributed by atoms with E-state index in [1.54, 1.807) is 6.07 Å². The molecule has 0 aromatic carbocycles. The van der Waals surface area contributed by atoms with E-state index in [1.165, 1.54) is 0 Å². The number of aromatic nitrogens is 1. The first-order chi connectivity index (χ1) is 7.65. The van der Waals surface area contributed by atoms with Crippen LogP contribution in [0.4, 0.5) is 0 Å². The molecule has 1 aliphatic rings. The van der Waals surface area contributed by atoms with Gasteiger partial charge >= 0.3 is 5.97 Å². The van der Waals surface area contributed by atoms with Gasteiger partial charge in [0.25, 0.3) is 5.56 Å². The van der Waals surface area contributed by atoms with Gasteiger partial charge in [0, 0.05) is 12.2 Å². The second kappa shape index (κ2) is 3.79. The van der Waals surface area contributed by atoms with Gasteiger partial charge in [0.2, 0.25) is 0 Å². The van der Waals surface area contributed by atoms with Crippen LogP contribution in [0.25, 0.3) is 0 Å². The summed E-state index contributed by atoms with van der Waals surface area (Å²) >= 11 is 0. The predicted octanol–water partition coefficient (Wildman–Crippen LogP) is -0.410. The van der Waals surface area contributed by atoms with Crippen LogP contribution in [-0.2, 0) is 13.0 Å². The second-order valence-electron chi connectivity index (χ2n) is 3.50. The van der Waals surface area contributed by atoms with Crippen LogP contribution in [-0.4, -0.2) is 22.6 Å². The summed E-state index contributed by atoms with van der Waals surface area (Å²) in [6.07, 6.45) is 0.502. The first-order valence-corrected chi connectivity index (χ1v) is 4.77. The standard InChI is InChI=1S/C10H9N3O3/c11-3-6-8(10(15)16)5-1-2-12-4-7(5)13-9(6)14/h12H,1-2,4H2,(H,13,14)(H,15,16). The van der Waals surface area contributed by atoms with Gasteiger partial charge in [0.1, 0.15) is 11.6 Å². The van der Waals surface area contributed by atoms with Crippen LogP contribution in [0.3, 0.4) is 0 Å². The van der Waals surface area contributed by atoms with Gasteiger partial charge in [-0.25, -0.2) is 4.79 Å². The molecule has 3 N–H and O–H groups in total. The Morgan fingerprint density at radius 2 is 2.25 bits per heavy atom. The molecule has 0 aliphatic carbocycles. The molecule has 6 nitrogen and oxygen atoms in total. The Morgan fingerprint density at radius 3 is 2.88 bits per heavy atom. The molecule has 1 aromatic rings. The van der Waals surface area contributed by atoms with Crippen molar-refractivity contribution in [2.75, 3.05) is 6.54 Å². The smallest absolute Gasteiger partial charge is 0.337 e. The van der Waals surface area contributed by atoms with Gasteiger partial charge in [-0.2, -0.15) is 5.26 Å². The largest absolute Gasteiger partial charge is 0.478 e. The lowest BCUT2D eigenvalue weighted by atomic mass is 9.96. The van der Waals surface area contributed by atoms with Gasteiger partial charge in [0.15, 0.2) is 0 Å². The number of aromatic carboxylic acids is 1. The Bertz CT molecular complexity index is 554.